The summed E-state index contributed by atoms with van der Waals surface area (Å²) >= 11 is 0. The number of carboxylic acids is 1. The van der Waals surface area contributed by atoms with Crippen LogP contribution < -0.4 is 5.32 Å². The molecule has 2 aliphatic rings. The number of aromatic carboxylic acids is 1. The van der Waals surface area contributed by atoms with Crippen molar-refractivity contribution in [3.05, 3.63) is 155 Å². The lowest BCUT2D eigenvalue weighted by molar-refractivity contribution is -0.137. The first-order chi connectivity index (χ1) is 31.9. The van der Waals surface area contributed by atoms with Gasteiger partial charge in [-0.1, -0.05) is 24.3 Å². The van der Waals surface area contributed by atoms with E-state index in [1.54, 1.807) is 18.2 Å². The van der Waals surface area contributed by atoms with Crippen LogP contribution in [0.3, 0.4) is 0 Å². The summed E-state index contributed by atoms with van der Waals surface area (Å²) in [4.78, 5) is 97.8. The van der Waals surface area contributed by atoms with Crippen molar-refractivity contribution in [2.24, 2.45) is 0 Å². The highest BCUT2D eigenvalue weighted by molar-refractivity contribution is 6.12. The summed E-state index contributed by atoms with van der Waals surface area (Å²) in [6, 6.07) is 29.7. The maximum absolute atomic E-state index is 14.1. The van der Waals surface area contributed by atoms with Crippen LogP contribution in [-0.2, 0) is 47.1 Å². The van der Waals surface area contributed by atoms with Gasteiger partial charge in [-0.25, -0.2) is 29.7 Å². The zero-order valence-electron chi connectivity index (χ0n) is 36.7. The van der Waals surface area contributed by atoms with Crippen LogP contribution in [0.15, 0.2) is 109 Å². The van der Waals surface area contributed by atoms with Crippen molar-refractivity contribution >= 4 is 29.5 Å². The minimum atomic E-state index is -1.13. The Balaban J connectivity index is 1.11. The maximum Gasteiger partial charge on any atom is 0.335 e. The lowest BCUT2D eigenvalue weighted by atomic mass is 10.0. The van der Waals surface area contributed by atoms with Gasteiger partial charge in [0.05, 0.1) is 68.2 Å². The molecule has 0 unspecified atom stereocenters. The largest absolute Gasteiger partial charge is 0.478 e. The summed E-state index contributed by atoms with van der Waals surface area (Å²) in [5, 5.41) is 13.1. The third kappa shape index (κ3) is 11.5. The third-order valence-electron chi connectivity index (χ3n) is 11.0. The average molecular weight is 885 g/mol. The van der Waals surface area contributed by atoms with E-state index in [-0.39, 0.29) is 49.7 Å². The Kier molecular flexibility index (Phi) is 13.9. The van der Waals surface area contributed by atoms with Crippen molar-refractivity contribution in [3.63, 3.8) is 0 Å². The topological polar surface area (TPSA) is 205 Å². The molecule has 6 aromatic rings. The number of carbonyl (C=O) groups excluding carboxylic acids is 4. The Labute approximate surface area is 381 Å². The van der Waals surface area contributed by atoms with Crippen molar-refractivity contribution in [2.75, 3.05) is 20.1 Å². The second-order valence-corrected chi connectivity index (χ2v) is 16.4. The molecule has 0 spiro atoms. The predicted molar refractivity (Wildman–Crippen MR) is 244 cm³/mol. The standard InChI is InChI=1S/C50H48N10O6/c1-32-9-3-13-40(52-32)41-14-5-11-36(54-41)29-59-30-37-12-6-16-43(55-37)42-15-4-10-35(53-42)27-58(2)28-38-24-34(50(65)66)26-45(56-38)44-25-33(23-39(31-59)57-44)46(61)17-7-21-51-47(62)18-8-22-60-48(63)19-20-49(60)64/h3-6,9-16,19-20,23-26H,7-8,17-18,21-22,27-31H2,1-2H3,(H,51,62)(H,65,66). The molecule has 66 heavy (non-hydrogen) atoms. The van der Waals surface area contributed by atoms with Crippen LogP contribution in [0.1, 0.15) is 80.6 Å². The smallest absolute Gasteiger partial charge is 0.335 e. The summed E-state index contributed by atoms with van der Waals surface area (Å²) in [6.07, 6.45) is 3.30. The summed E-state index contributed by atoms with van der Waals surface area (Å²) in [5.41, 5.74) is 8.21. The van der Waals surface area contributed by atoms with Gasteiger partial charge in [-0.3, -0.25) is 38.9 Å². The van der Waals surface area contributed by atoms with Gasteiger partial charge in [0.2, 0.25) is 5.91 Å². The molecule has 0 saturated heterocycles. The van der Waals surface area contributed by atoms with Gasteiger partial charge < -0.3 is 10.4 Å². The van der Waals surface area contributed by atoms with Gasteiger partial charge in [0.25, 0.3) is 11.8 Å². The quantitative estimate of drug-likeness (QED) is 0.0777. The van der Waals surface area contributed by atoms with E-state index in [2.05, 4.69) is 15.2 Å². The second-order valence-electron chi connectivity index (χ2n) is 16.4. The number of aryl methyl sites for hydroxylation is 1. The van der Waals surface area contributed by atoms with E-state index in [1.807, 2.05) is 91.7 Å². The number of rotatable bonds is 13. The number of carboxylic acid groups (broad SMARTS) is 1. The predicted octanol–water partition coefficient (Wildman–Crippen LogP) is 6.00. The number of hydrogen-bond donors (Lipinski definition) is 2. The van der Waals surface area contributed by atoms with E-state index >= 15 is 0 Å². The minimum absolute atomic E-state index is 0.0317. The van der Waals surface area contributed by atoms with E-state index in [0.717, 1.165) is 39.1 Å². The molecule has 8 rings (SSSR count). The monoisotopic (exact) mass is 884 g/mol. The van der Waals surface area contributed by atoms with Crippen LogP contribution in [-0.4, -0.2) is 99.3 Å². The Hall–Kier alpha value is -7.69. The lowest BCUT2D eigenvalue weighted by Gasteiger charge is -2.23. The van der Waals surface area contributed by atoms with E-state index in [0.29, 0.717) is 78.7 Å². The molecule has 0 atom stereocenters. The van der Waals surface area contributed by atoms with Crippen LogP contribution in [0.4, 0.5) is 0 Å². The van der Waals surface area contributed by atoms with Crippen molar-refractivity contribution in [1.29, 1.82) is 0 Å². The first-order valence-corrected chi connectivity index (χ1v) is 21.7. The number of fused-ring (bicyclic) bond motifs is 10. The van der Waals surface area contributed by atoms with Gasteiger partial charge in [-0.2, -0.15) is 0 Å². The number of nitrogens with zero attached hydrogens (tertiary/aromatic N) is 9. The number of hydrogen-bond acceptors (Lipinski definition) is 13. The molecule has 16 heteroatoms. The summed E-state index contributed by atoms with van der Waals surface area (Å²) in [6.45, 7) is 4.06. The number of carbonyl (C=O) groups is 5. The van der Waals surface area contributed by atoms with E-state index < -0.39 is 17.8 Å². The number of imide groups is 1. The minimum Gasteiger partial charge on any atom is -0.478 e. The number of Topliss-reactive ketones (excluding diaryl/α,β-unsaturated/α-hetero) is 1. The number of aromatic nitrogens is 6. The highest BCUT2D eigenvalue weighted by Gasteiger charge is 2.23. The Morgan fingerprint density at radius 3 is 1.83 bits per heavy atom. The molecule has 2 aliphatic heterocycles. The highest BCUT2D eigenvalue weighted by Crippen LogP contribution is 2.25. The van der Waals surface area contributed by atoms with E-state index in [9.17, 15) is 29.1 Å². The Bertz CT molecular complexity index is 2850. The highest BCUT2D eigenvalue weighted by atomic mass is 16.4. The SMILES string of the molecule is Cc1cccc(-c2cccc(CN3Cc4cccc(n4)-c4cccc(n4)CN(C)Cc4cc(C(=O)O)cc(n4)-c4cc(C(=O)CCCNC(=O)CCCN5C(=O)C=CC5=O)cc(n4)C3)n2)n1. The van der Waals surface area contributed by atoms with Gasteiger partial charge >= 0.3 is 5.97 Å². The number of pyridine rings is 6. The van der Waals surface area contributed by atoms with Gasteiger partial charge in [0.1, 0.15) is 0 Å². The molecular weight excluding hydrogens is 837 g/mol. The molecule has 0 radical (unpaired) electrons. The molecular formula is C50H48N10O6. The number of nitrogens with one attached hydrogen (secondary N) is 1. The zero-order valence-corrected chi connectivity index (χ0v) is 36.7. The van der Waals surface area contributed by atoms with Gasteiger partial charge in [0, 0.05) is 82.1 Å². The molecule has 3 amide bonds. The van der Waals surface area contributed by atoms with Crippen molar-refractivity contribution in [3.8, 4) is 34.2 Å². The van der Waals surface area contributed by atoms with E-state index in [1.165, 1.54) is 18.2 Å². The van der Waals surface area contributed by atoms with Crippen LogP contribution in [0, 0.1) is 6.92 Å². The molecule has 0 aromatic carbocycles. The summed E-state index contributed by atoms with van der Waals surface area (Å²) in [5.74, 6) is -2.35. The molecule has 0 saturated carbocycles. The molecule has 0 aliphatic carbocycles. The lowest BCUT2D eigenvalue weighted by Crippen LogP contribution is -2.32. The average Bonchev–Trinajstić information content (AvgIpc) is 3.62. The summed E-state index contributed by atoms with van der Waals surface area (Å²) < 4.78 is 0. The molecule has 8 bridgehead atoms. The second kappa shape index (κ2) is 20.4. The number of ketones is 1. The fourth-order valence-corrected chi connectivity index (χ4v) is 7.92. The molecule has 2 N–H and O–H groups in total. The van der Waals surface area contributed by atoms with Gasteiger partial charge in [-0.15, -0.1) is 0 Å². The van der Waals surface area contributed by atoms with Crippen LogP contribution in [0.5, 0.6) is 0 Å². The van der Waals surface area contributed by atoms with Crippen LogP contribution in [0.25, 0.3) is 34.2 Å². The normalized spacial score (nSPS) is 14.2. The molecule has 6 aromatic heterocycles. The van der Waals surface area contributed by atoms with Gasteiger partial charge in [-0.05, 0) is 99.6 Å². The zero-order chi connectivity index (χ0) is 46.2. The Morgan fingerprint density at radius 1 is 0.606 bits per heavy atom. The third-order valence-corrected chi connectivity index (χ3v) is 11.0. The van der Waals surface area contributed by atoms with Crippen LogP contribution >= 0.6 is 0 Å². The molecule has 0 fully saturated rings. The molecule has 8 heterocycles. The van der Waals surface area contributed by atoms with Crippen molar-refractivity contribution in [1.82, 2.24) is 49.9 Å². The van der Waals surface area contributed by atoms with E-state index in [4.69, 9.17) is 24.9 Å². The number of amides is 3. The fraction of sp³-hybridized carbons (Fsp3) is 0.260. The first kappa shape index (κ1) is 44.9. The fourth-order valence-electron chi connectivity index (χ4n) is 7.92. The van der Waals surface area contributed by atoms with Crippen molar-refractivity contribution < 1.29 is 29.1 Å². The van der Waals surface area contributed by atoms with Gasteiger partial charge in [0.15, 0.2) is 5.78 Å². The van der Waals surface area contributed by atoms with Crippen LogP contribution in [0.2, 0.25) is 0 Å². The van der Waals surface area contributed by atoms with Crippen molar-refractivity contribution in [2.45, 2.75) is 65.3 Å². The summed E-state index contributed by atoms with van der Waals surface area (Å²) in [7, 11) is 1.91. The molecule has 16 nitrogen and oxygen atoms in total. The first-order valence-electron chi connectivity index (χ1n) is 21.7. The maximum atomic E-state index is 14.1. The Morgan fingerprint density at radius 2 is 1.15 bits per heavy atom. The molecule has 334 valence electrons.